The molecule has 0 bridgehead atoms. The number of aliphatic carboxylic acids is 1. The Morgan fingerprint density at radius 3 is 2.95 bits per heavy atom. The van der Waals surface area contributed by atoms with Gasteiger partial charge in [-0.05, 0) is 43.9 Å². The zero-order valence-electron chi connectivity index (χ0n) is 12.4. The summed E-state index contributed by atoms with van der Waals surface area (Å²) in [6.45, 7) is 4.13. The number of fused-ring (bicyclic) bond motifs is 1. The van der Waals surface area contributed by atoms with Gasteiger partial charge in [-0.2, -0.15) is 11.8 Å². The Bertz CT molecular complexity index is 642. The van der Waals surface area contributed by atoms with E-state index < -0.39 is 5.97 Å². The first-order valence-electron chi connectivity index (χ1n) is 6.71. The highest BCUT2D eigenvalue weighted by Crippen LogP contribution is 2.29. The smallest absolute Gasteiger partial charge is 0.313 e. The zero-order chi connectivity index (χ0) is 15.4. The van der Waals surface area contributed by atoms with Crippen molar-refractivity contribution < 1.29 is 9.90 Å². The molecule has 0 saturated carbocycles. The van der Waals surface area contributed by atoms with E-state index in [1.165, 1.54) is 11.8 Å². The molecule has 2 heterocycles. The first kappa shape index (κ1) is 16.2. The van der Waals surface area contributed by atoms with Crippen LogP contribution in [-0.2, 0) is 4.79 Å². The van der Waals surface area contributed by atoms with Crippen molar-refractivity contribution in [1.29, 1.82) is 0 Å². The second-order valence-corrected chi connectivity index (χ2v) is 6.81. The summed E-state index contributed by atoms with van der Waals surface area (Å²) < 4.78 is 2.08. The van der Waals surface area contributed by atoms with Crippen LogP contribution in [0.3, 0.4) is 0 Å². The first-order chi connectivity index (χ1) is 10.0. The van der Waals surface area contributed by atoms with Crippen LogP contribution in [0.1, 0.15) is 24.9 Å². The summed E-state index contributed by atoms with van der Waals surface area (Å²) in [7, 11) is 0. The van der Waals surface area contributed by atoms with Gasteiger partial charge in [0.05, 0.1) is 5.75 Å². The summed E-state index contributed by atoms with van der Waals surface area (Å²) in [4.78, 5) is 19.9. The van der Waals surface area contributed by atoms with Crippen LogP contribution in [0.4, 0.5) is 0 Å². The number of imidazole rings is 1. The largest absolute Gasteiger partial charge is 0.481 e. The summed E-state index contributed by atoms with van der Waals surface area (Å²) >= 11 is 3.06. The van der Waals surface area contributed by atoms with Crippen LogP contribution < -0.4 is 0 Å². The molecule has 0 amide bonds. The maximum Gasteiger partial charge on any atom is 0.313 e. The minimum atomic E-state index is -0.833. The molecule has 0 aliphatic rings. The second-order valence-electron chi connectivity index (χ2n) is 4.88. The van der Waals surface area contributed by atoms with Crippen LogP contribution >= 0.6 is 23.5 Å². The van der Waals surface area contributed by atoms with Gasteiger partial charge in [-0.1, -0.05) is 11.8 Å². The molecule has 2 aromatic heterocycles. The maximum absolute atomic E-state index is 10.8. The van der Waals surface area contributed by atoms with Gasteiger partial charge in [-0.3, -0.25) is 4.79 Å². The molecule has 1 N–H and O–H groups in total. The van der Waals surface area contributed by atoms with Gasteiger partial charge in [0.2, 0.25) is 0 Å². The van der Waals surface area contributed by atoms with Crippen molar-refractivity contribution in [1.82, 2.24) is 14.5 Å². The van der Waals surface area contributed by atoms with Crippen LogP contribution in [-0.4, -0.2) is 43.4 Å². The topological polar surface area (TPSA) is 68.0 Å². The Balaban J connectivity index is 2.44. The molecule has 0 aliphatic heterocycles. The molecule has 0 aliphatic carbocycles. The molecule has 0 spiro atoms. The number of pyridine rings is 1. The van der Waals surface area contributed by atoms with Gasteiger partial charge in [0.25, 0.3) is 0 Å². The van der Waals surface area contributed by atoms with Gasteiger partial charge < -0.3 is 9.67 Å². The van der Waals surface area contributed by atoms with Crippen LogP contribution in [0, 0.1) is 6.92 Å². The standard InChI is InChI=1S/C14H19N3O2S2/c1-9-4-6-15-13-12(9)16-14(21-8-11(18)19)17(13)10(2)5-7-20-3/h4,6,10H,5,7-8H2,1-3H3,(H,18,19). The predicted molar refractivity (Wildman–Crippen MR) is 88.3 cm³/mol. The molecular weight excluding hydrogens is 306 g/mol. The number of thioether (sulfide) groups is 2. The lowest BCUT2D eigenvalue weighted by Crippen LogP contribution is -2.09. The summed E-state index contributed by atoms with van der Waals surface area (Å²) in [6, 6.07) is 2.17. The highest BCUT2D eigenvalue weighted by atomic mass is 32.2. The molecule has 0 saturated heterocycles. The number of hydrogen-bond donors (Lipinski definition) is 1. The third-order valence-electron chi connectivity index (χ3n) is 3.25. The van der Waals surface area contributed by atoms with Crippen molar-refractivity contribution in [2.24, 2.45) is 0 Å². The SMILES string of the molecule is CSCCC(C)n1c(SCC(=O)O)nc2c(C)ccnc21. The molecule has 5 nitrogen and oxygen atoms in total. The van der Waals surface area contributed by atoms with Crippen molar-refractivity contribution in [2.45, 2.75) is 31.5 Å². The Hall–Kier alpha value is -1.21. The summed E-state index contributed by atoms with van der Waals surface area (Å²) in [6.07, 6.45) is 4.87. The van der Waals surface area contributed by atoms with Crippen molar-refractivity contribution >= 4 is 40.7 Å². The number of aromatic nitrogens is 3. The maximum atomic E-state index is 10.8. The second kappa shape index (κ2) is 7.17. The normalized spacial score (nSPS) is 12.7. The highest BCUT2D eigenvalue weighted by molar-refractivity contribution is 7.99. The highest BCUT2D eigenvalue weighted by Gasteiger charge is 2.19. The quantitative estimate of drug-likeness (QED) is 0.788. The van der Waals surface area contributed by atoms with E-state index in [2.05, 4.69) is 27.7 Å². The molecule has 1 atom stereocenters. The van der Waals surface area contributed by atoms with Crippen LogP contribution in [0.2, 0.25) is 0 Å². The Labute approximate surface area is 132 Å². The van der Waals surface area contributed by atoms with E-state index in [-0.39, 0.29) is 11.8 Å². The van der Waals surface area contributed by atoms with Crippen molar-refractivity contribution in [3.05, 3.63) is 17.8 Å². The zero-order valence-corrected chi connectivity index (χ0v) is 14.0. The van der Waals surface area contributed by atoms with Gasteiger partial charge in [0.1, 0.15) is 5.52 Å². The fourth-order valence-corrected chi connectivity index (χ4v) is 3.52. The fraction of sp³-hybridized carbons (Fsp3) is 0.500. The van der Waals surface area contributed by atoms with E-state index in [1.54, 1.807) is 18.0 Å². The number of aryl methyl sites for hydroxylation is 1. The lowest BCUT2D eigenvalue weighted by molar-refractivity contribution is -0.133. The average Bonchev–Trinajstić information content (AvgIpc) is 2.82. The van der Waals surface area contributed by atoms with Crippen molar-refractivity contribution in [2.75, 3.05) is 17.8 Å². The number of carboxylic acids is 1. The molecular formula is C14H19N3O2S2. The predicted octanol–water partition coefficient (Wildman–Crippen LogP) is 3.23. The monoisotopic (exact) mass is 325 g/mol. The molecule has 0 aromatic carbocycles. The van der Waals surface area contributed by atoms with E-state index in [1.807, 2.05) is 13.0 Å². The molecule has 7 heteroatoms. The minimum absolute atomic E-state index is 0.0115. The summed E-state index contributed by atoms with van der Waals surface area (Å²) in [5, 5.41) is 9.64. The van der Waals surface area contributed by atoms with Gasteiger partial charge in [0, 0.05) is 12.2 Å². The molecule has 0 fully saturated rings. The third kappa shape index (κ3) is 3.71. The molecule has 114 valence electrons. The van der Waals surface area contributed by atoms with Gasteiger partial charge in [-0.15, -0.1) is 0 Å². The number of carbonyl (C=O) groups is 1. The van der Waals surface area contributed by atoms with E-state index in [4.69, 9.17) is 5.11 Å². The van der Waals surface area contributed by atoms with Gasteiger partial charge >= 0.3 is 5.97 Å². The van der Waals surface area contributed by atoms with Crippen LogP contribution in [0.15, 0.2) is 17.4 Å². The minimum Gasteiger partial charge on any atom is -0.481 e. The van der Waals surface area contributed by atoms with E-state index in [9.17, 15) is 4.79 Å². The van der Waals surface area contributed by atoms with E-state index in [0.717, 1.165) is 34.1 Å². The van der Waals surface area contributed by atoms with Gasteiger partial charge in [0.15, 0.2) is 10.8 Å². The number of hydrogen-bond acceptors (Lipinski definition) is 5. The molecule has 2 aromatic rings. The fourth-order valence-electron chi connectivity index (χ4n) is 2.13. The van der Waals surface area contributed by atoms with Crippen molar-refractivity contribution in [3.63, 3.8) is 0 Å². The Morgan fingerprint density at radius 2 is 2.29 bits per heavy atom. The molecule has 2 rings (SSSR count). The van der Waals surface area contributed by atoms with Crippen LogP contribution in [0.5, 0.6) is 0 Å². The number of carboxylic acid groups (broad SMARTS) is 1. The number of nitrogens with zero attached hydrogens (tertiary/aromatic N) is 3. The van der Waals surface area contributed by atoms with Crippen LogP contribution in [0.25, 0.3) is 11.2 Å². The van der Waals surface area contributed by atoms with E-state index in [0.29, 0.717) is 0 Å². The number of rotatable bonds is 7. The molecule has 21 heavy (non-hydrogen) atoms. The molecule has 0 radical (unpaired) electrons. The van der Waals surface area contributed by atoms with Crippen molar-refractivity contribution in [3.8, 4) is 0 Å². The summed E-state index contributed by atoms with van der Waals surface area (Å²) in [5.74, 6) is 0.230. The van der Waals surface area contributed by atoms with E-state index >= 15 is 0 Å². The average molecular weight is 325 g/mol. The lowest BCUT2D eigenvalue weighted by atomic mass is 10.2. The van der Waals surface area contributed by atoms with Gasteiger partial charge in [-0.25, -0.2) is 9.97 Å². The third-order valence-corrected chi connectivity index (χ3v) is 4.84. The first-order valence-corrected chi connectivity index (χ1v) is 9.09. The lowest BCUT2D eigenvalue weighted by Gasteiger charge is -2.16. The molecule has 1 unspecified atom stereocenters. The Kier molecular flexibility index (Phi) is 5.52. The Morgan fingerprint density at radius 1 is 1.52 bits per heavy atom. The summed E-state index contributed by atoms with van der Waals surface area (Å²) in [5.41, 5.74) is 2.77.